The molecule has 0 spiro atoms. The first-order chi connectivity index (χ1) is 26.6. The van der Waals surface area contributed by atoms with E-state index in [0.717, 1.165) is 51.2 Å². The summed E-state index contributed by atoms with van der Waals surface area (Å²) in [4.78, 5) is 27.0. The monoisotopic (exact) mass is 806 g/mol. The Morgan fingerprint density at radius 3 is 2.14 bits per heavy atom. The van der Waals surface area contributed by atoms with E-state index in [-0.39, 0.29) is 46.0 Å². The summed E-state index contributed by atoms with van der Waals surface area (Å²) in [6, 6.07) is 0. The molecule has 0 unspecified atom stereocenters. The molecular weight excluding hydrogens is 740 g/mol. The highest BCUT2D eigenvalue weighted by Crippen LogP contribution is 2.76. The second-order valence-corrected chi connectivity index (χ2v) is 19.9. The summed E-state index contributed by atoms with van der Waals surface area (Å²) in [5.74, 6) is -1.01. The summed E-state index contributed by atoms with van der Waals surface area (Å²) < 4.78 is 28.6. The van der Waals surface area contributed by atoms with Crippen LogP contribution in [0.3, 0.4) is 0 Å². The highest BCUT2D eigenvalue weighted by atomic mass is 16.7. The Labute approximate surface area is 335 Å². The zero-order chi connectivity index (χ0) is 41.8. The molecule has 7 rings (SSSR count). The topological polar surface area (TPSA) is 222 Å². The van der Waals surface area contributed by atoms with E-state index in [1.807, 2.05) is 0 Å². The van der Waals surface area contributed by atoms with E-state index in [2.05, 4.69) is 54.2 Å². The van der Waals surface area contributed by atoms with Gasteiger partial charge < -0.3 is 59.4 Å². The molecule has 19 atom stereocenters. The fourth-order valence-corrected chi connectivity index (χ4v) is 13.5. The number of hydrogen-bond donors (Lipinski definition) is 7. The molecule has 0 aromatic carbocycles. The third-order valence-electron chi connectivity index (χ3n) is 17.2. The van der Waals surface area contributed by atoms with E-state index in [1.165, 1.54) is 5.57 Å². The van der Waals surface area contributed by atoms with Crippen LogP contribution in [0.15, 0.2) is 23.8 Å². The van der Waals surface area contributed by atoms with Crippen molar-refractivity contribution in [2.24, 2.45) is 50.7 Å². The van der Waals surface area contributed by atoms with Crippen molar-refractivity contribution >= 4 is 11.9 Å². The number of carbonyl (C=O) groups is 2. The lowest BCUT2D eigenvalue weighted by atomic mass is 9.33. The number of hydrogen-bond acceptors (Lipinski definition) is 14. The summed E-state index contributed by atoms with van der Waals surface area (Å²) in [7, 11) is 1.16. The van der Waals surface area contributed by atoms with Crippen LogP contribution in [0.4, 0.5) is 0 Å². The van der Waals surface area contributed by atoms with Crippen LogP contribution >= 0.6 is 0 Å². The molecule has 4 saturated carbocycles. The summed E-state index contributed by atoms with van der Waals surface area (Å²) >= 11 is 0. The number of esters is 2. The number of aliphatic hydroxyl groups excluding tert-OH is 7. The van der Waals surface area contributed by atoms with E-state index >= 15 is 0 Å². The Balaban J connectivity index is 1.16. The maximum atomic E-state index is 14.6. The van der Waals surface area contributed by atoms with Gasteiger partial charge in [0.25, 0.3) is 0 Å². The summed E-state index contributed by atoms with van der Waals surface area (Å²) in [5, 5.41) is 73.3. The maximum Gasteiger partial charge on any atom is 0.337 e. The molecule has 0 aromatic heterocycles. The van der Waals surface area contributed by atoms with Crippen LogP contribution in [0.2, 0.25) is 0 Å². The highest BCUT2D eigenvalue weighted by Gasteiger charge is 2.70. The van der Waals surface area contributed by atoms with E-state index in [4.69, 9.17) is 23.7 Å². The number of aliphatic hydroxyl groups is 7. The van der Waals surface area contributed by atoms with Gasteiger partial charge in [0.05, 0.1) is 25.2 Å². The number of carbonyl (C=O) groups excluding carboxylic acids is 2. The third-order valence-corrected chi connectivity index (χ3v) is 17.2. The van der Waals surface area contributed by atoms with E-state index < -0.39 is 90.8 Å². The van der Waals surface area contributed by atoms with Gasteiger partial charge in [-0.3, -0.25) is 4.79 Å². The second-order valence-electron chi connectivity index (χ2n) is 19.9. The van der Waals surface area contributed by atoms with Crippen molar-refractivity contribution in [2.45, 2.75) is 167 Å². The van der Waals surface area contributed by atoms with Gasteiger partial charge in [-0.1, -0.05) is 65.3 Å². The van der Waals surface area contributed by atoms with Gasteiger partial charge in [0.1, 0.15) is 42.7 Å². The molecule has 2 saturated heterocycles. The number of allylic oxidation sites excluding steroid dienone is 3. The molecule has 14 nitrogen and oxygen atoms in total. The Morgan fingerprint density at radius 2 is 1.47 bits per heavy atom. The lowest BCUT2D eigenvalue weighted by Crippen LogP contribution is -2.66. The normalized spacial score (nSPS) is 51.9. The molecular formula is C43H66O14. The number of methoxy groups -OCH3 is 1. The summed E-state index contributed by atoms with van der Waals surface area (Å²) in [6.07, 6.45) is -6.67. The van der Waals surface area contributed by atoms with Crippen LogP contribution in [-0.4, -0.2) is 129 Å². The van der Waals surface area contributed by atoms with E-state index in [0.29, 0.717) is 19.3 Å². The smallest absolute Gasteiger partial charge is 0.337 e. The lowest BCUT2D eigenvalue weighted by molar-refractivity contribution is -0.324. The molecule has 7 N–H and O–H groups in total. The Morgan fingerprint density at radius 1 is 0.807 bits per heavy atom. The Kier molecular flexibility index (Phi) is 11.3. The first-order valence-electron chi connectivity index (χ1n) is 21.0. The number of rotatable bonds is 6. The molecule has 6 fully saturated rings. The quantitative estimate of drug-likeness (QED) is 0.116. The molecule has 322 valence electrons. The molecule has 2 heterocycles. The third kappa shape index (κ3) is 6.24. The zero-order valence-electron chi connectivity index (χ0n) is 34.5. The highest BCUT2D eigenvalue weighted by molar-refractivity contribution is 5.80. The van der Waals surface area contributed by atoms with Crippen LogP contribution in [0.1, 0.15) is 99.3 Å². The standard InChI is InChI=1S/C43H66O14/c1-20-11-16-43(38(52)57-36-32(49)29(46)28(45)23(19-44)54-36)18-17-41(6)22(27(43)21(20)2)9-10-25-40(5)14-13-26(39(3,4)24(40)12-15-42(25,41)7)55-37-33(50)30(47)31(48)34(56-37)35(51)53-8/h9,20,23-34,36-37,44-50H,2,10-19H2,1,3-8H3/t20-,23-,24+,25-,26+,27+,28-,29+,30+,31+,32-,33-,34+,36+,37-,40+,41-,42-,43+/m1/s1. The van der Waals surface area contributed by atoms with Gasteiger partial charge >= 0.3 is 11.9 Å². The average Bonchev–Trinajstić information content (AvgIpc) is 3.17. The Bertz CT molecular complexity index is 1610. The van der Waals surface area contributed by atoms with E-state index in [1.54, 1.807) is 0 Å². The minimum atomic E-state index is -1.69. The van der Waals surface area contributed by atoms with Gasteiger partial charge in [0.2, 0.25) is 6.29 Å². The van der Waals surface area contributed by atoms with Crippen molar-refractivity contribution in [1.82, 2.24) is 0 Å². The van der Waals surface area contributed by atoms with Crippen LogP contribution < -0.4 is 0 Å². The SMILES string of the molecule is C=C1[C@H]2C3=CC[C@@H]4[C@@]5(C)CC[C@H](O[C@@H]6O[C@H](C(=O)OC)[C@@H](O)[C@H](O)[C@H]6O)C(C)(C)[C@@H]5CC[C@@]4(C)[C@]3(C)CC[C@@]2(C(=O)O[C@@H]2O[C@H](CO)[C@@H](O)[C@H](O)[C@H]2O)CC[C@H]1C. The Hall–Kier alpha value is -1.98. The predicted molar refractivity (Wildman–Crippen MR) is 202 cm³/mol. The summed E-state index contributed by atoms with van der Waals surface area (Å²) in [5.41, 5.74) is 0.327. The van der Waals surface area contributed by atoms with Crippen LogP contribution in [-0.2, 0) is 33.3 Å². The predicted octanol–water partition coefficient (Wildman–Crippen LogP) is 2.27. The molecule has 57 heavy (non-hydrogen) atoms. The summed E-state index contributed by atoms with van der Waals surface area (Å²) in [6.45, 7) is 17.7. The average molecular weight is 807 g/mol. The van der Waals surface area contributed by atoms with Gasteiger partial charge in [0.15, 0.2) is 12.4 Å². The number of ether oxygens (including phenoxy) is 5. The minimum Gasteiger partial charge on any atom is -0.467 e. The van der Waals surface area contributed by atoms with Crippen molar-refractivity contribution in [3.05, 3.63) is 23.8 Å². The fraction of sp³-hybridized carbons (Fsp3) is 0.860. The molecule has 2 aliphatic heterocycles. The zero-order valence-corrected chi connectivity index (χ0v) is 34.5. The van der Waals surface area contributed by atoms with Crippen molar-refractivity contribution < 1.29 is 69.0 Å². The van der Waals surface area contributed by atoms with Crippen molar-refractivity contribution in [1.29, 1.82) is 0 Å². The maximum absolute atomic E-state index is 14.6. The van der Waals surface area contributed by atoms with Crippen LogP contribution in [0, 0.1) is 50.7 Å². The largest absolute Gasteiger partial charge is 0.467 e. The van der Waals surface area contributed by atoms with Gasteiger partial charge in [-0.05, 0) is 97.2 Å². The molecule has 0 radical (unpaired) electrons. The molecule has 0 bridgehead atoms. The van der Waals surface area contributed by atoms with Crippen LogP contribution in [0.25, 0.3) is 0 Å². The minimum absolute atomic E-state index is 0.106. The van der Waals surface area contributed by atoms with Crippen LogP contribution in [0.5, 0.6) is 0 Å². The van der Waals surface area contributed by atoms with Crippen molar-refractivity contribution in [3.8, 4) is 0 Å². The van der Waals surface area contributed by atoms with Gasteiger partial charge in [-0.25, -0.2) is 4.79 Å². The first kappa shape index (κ1) is 43.1. The molecule has 5 aliphatic carbocycles. The molecule has 7 aliphatic rings. The van der Waals surface area contributed by atoms with Gasteiger partial charge in [0, 0.05) is 5.92 Å². The van der Waals surface area contributed by atoms with Crippen molar-refractivity contribution in [2.75, 3.05) is 13.7 Å². The molecule has 0 amide bonds. The fourth-order valence-electron chi connectivity index (χ4n) is 13.5. The first-order valence-corrected chi connectivity index (χ1v) is 21.0. The van der Waals surface area contributed by atoms with Gasteiger partial charge in [-0.2, -0.15) is 0 Å². The number of fused-ring (bicyclic) bond motifs is 7. The van der Waals surface area contributed by atoms with E-state index in [9.17, 15) is 45.3 Å². The van der Waals surface area contributed by atoms with Gasteiger partial charge in [-0.15, -0.1) is 0 Å². The second kappa shape index (κ2) is 14.9. The molecule has 14 heteroatoms. The lowest BCUT2D eigenvalue weighted by Gasteiger charge is -2.71. The molecule has 0 aromatic rings. The van der Waals surface area contributed by atoms with Crippen molar-refractivity contribution in [3.63, 3.8) is 0 Å².